The number of anilines is 1. The molecule has 0 aromatic heterocycles. The van der Waals surface area contributed by atoms with Crippen molar-refractivity contribution < 1.29 is 14.7 Å². The van der Waals surface area contributed by atoms with Gasteiger partial charge >= 0.3 is 12.0 Å². The molecule has 1 unspecified atom stereocenters. The van der Waals surface area contributed by atoms with Crippen molar-refractivity contribution >= 4 is 17.7 Å². The van der Waals surface area contributed by atoms with Crippen LogP contribution in [0.15, 0.2) is 24.3 Å². The first kappa shape index (κ1) is 14.0. The molecule has 18 heavy (non-hydrogen) atoms. The third-order valence-corrected chi connectivity index (χ3v) is 2.62. The number of benzene rings is 1. The van der Waals surface area contributed by atoms with Crippen molar-refractivity contribution in [3.63, 3.8) is 0 Å². The number of carboxylic acids is 1. The monoisotopic (exact) mass is 250 g/mol. The van der Waals surface area contributed by atoms with E-state index in [1.165, 1.54) is 4.90 Å². The van der Waals surface area contributed by atoms with E-state index >= 15 is 0 Å². The zero-order valence-electron chi connectivity index (χ0n) is 10.8. The largest absolute Gasteiger partial charge is 0.481 e. The smallest absolute Gasteiger partial charge is 0.321 e. The predicted octanol–water partition coefficient (Wildman–Crippen LogP) is 2.18. The van der Waals surface area contributed by atoms with E-state index in [9.17, 15) is 9.59 Å². The molecular weight excluding hydrogens is 232 g/mol. The van der Waals surface area contributed by atoms with E-state index < -0.39 is 11.9 Å². The number of hydrogen-bond donors (Lipinski definition) is 2. The summed E-state index contributed by atoms with van der Waals surface area (Å²) in [5.41, 5.74) is 1.81. The van der Waals surface area contributed by atoms with Crippen molar-refractivity contribution in [1.82, 2.24) is 4.90 Å². The molecule has 0 bridgehead atoms. The molecule has 1 aromatic carbocycles. The molecule has 0 radical (unpaired) electrons. The fraction of sp³-hybridized carbons (Fsp3) is 0.385. The van der Waals surface area contributed by atoms with Crippen molar-refractivity contribution in [2.45, 2.75) is 13.8 Å². The van der Waals surface area contributed by atoms with E-state index in [1.807, 2.05) is 31.2 Å². The quantitative estimate of drug-likeness (QED) is 0.860. The van der Waals surface area contributed by atoms with Crippen LogP contribution in [0.3, 0.4) is 0 Å². The van der Waals surface area contributed by atoms with Crippen molar-refractivity contribution in [2.24, 2.45) is 5.92 Å². The van der Waals surface area contributed by atoms with Crippen LogP contribution in [0.1, 0.15) is 12.5 Å². The van der Waals surface area contributed by atoms with E-state index in [-0.39, 0.29) is 12.6 Å². The molecule has 0 spiro atoms. The van der Waals surface area contributed by atoms with E-state index in [2.05, 4.69) is 5.32 Å². The molecule has 0 aliphatic carbocycles. The molecule has 0 saturated heterocycles. The molecule has 0 aliphatic heterocycles. The van der Waals surface area contributed by atoms with Crippen LogP contribution in [0.4, 0.5) is 10.5 Å². The molecule has 0 aliphatic rings. The Bertz CT molecular complexity index is 428. The number of hydrogen-bond acceptors (Lipinski definition) is 2. The summed E-state index contributed by atoms with van der Waals surface area (Å²) in [4.78, 5) is 23.8. The van der Waals surface area contributed by atoms with Crippen LogP contribution in [-0.4, -0.2) is 35.6 Å². The van der Waals surface area contributed by atoms with Gasteiger partial charge in [0.2, 0.25) is 0 Å². The molecule has 0 heterocycles. The number of nitrogens with one attached hydrogen (secondary N) is 1. The number of nitrogens with zero attached hydrogens (tertiary/aromatic N) is 1. The van der Waals surface area contributed by atoms with Crippen molar-refractivity contribution in [1.29, 1.82) is 0 Å². The Balaban J connectivity index is 2.54. The topological polar surface area (TPSA) is 69.6 Å². The minimum atomic E-state index is -0.912. The van der Waals surface area contributed by atoms with Gasteiger partial charge in [-0.2, -0.15) is 0 Å². The highest BCUT2D eigenvalue weighted by Crippen LogP contribution is 2.09. The third-order valence-electron chi connectivity index (χ3n) is 2.62. The van der Waals surface area contributed by atoms with Gasteiger partial charge < -0.3 is 15.3 Å². The number of amides is 2. The van der Waals surface area contributed by atoms with Gasteiger partial charge in [-0.1, -0.05) is 24.6 Å². The first-order chi connectivity index (χ1) is 8.40. The zero-order valence-corrected chi connectivity index (χ0v) is 10.8. The maximum atomic E-state index is 11.8. The second-order valence-corrected chi connectivity index (χ2v) is 4.42. The molecule has 1 aromatic rings. The SMILES string of the molecule is Cc1ccc(NC(=O)N(C)CC(C)C(=O)O)cc1. The Morgan fingerprint density at radius 1 is 1.33 bits per heavy atom. The average molecular weight is 250 g/mol. The first-order valence-corrected chi connectivity index (χ1v) is 5.71. The Hall–Kier alpha value is -2.04. The second kappa shape index (κ2) is 6.05. The summed E-state index contributed by atoms with van der Waals surface area (Å²) >= 11 is 0. The van der Waals surface area contributed by atoms with Gasteiger partial charge in [-0.05, 0) is 19.1 Å². The minimum absolute atomic E-state index is 0.174. The maximum absolute atomic E-state index is 11.8. The number of carbonyl (C=O) groups excluding carboxylic acids is 1. The lowest BCUT2D eigenvalue weighted by Crippen LogP contribution is -2.36. The summed E-state index contributed by atoms with van der Waals surface area (Å²) < 4.78 is 0. The summed E-state index contributed by atoms with van der Waals surface area (Å²) in [5.74, 6) is -1.50. The highest BCUT2D eigenvalue weighted by atomic mass is 16.4. The lowest BCUT2D eigenvalue weighted by molar-refractivity contribution is -0.141. The van der Waals surface area contributed by atoms with Crippen LogP contribution in [0.25, 0.3) is 0 Å². The van der Waals surface area contributed by atoms with Gasteiger partial charge in [0.1, 0.15) is 0 Å². The lowest BCUT2D eigenvalue weighted by atomic mass is 10.2. The number of aliphatic carboxylic acids is 1. The predicted molar refractivity (Wildman–Crippen MR) is 69.6 cm³/mol. The van der Waals surface area contributed by atoms with Crippen LogP contribution < -0.4 is 5.32 Å². The first-order valence-electron chi connectivity index (χ1n) is 5.71. The fourth-order valence-corrected chi connectivity index (χ4v) is 1.43. The maximum Gasteiger partial charge on any atom is 0.321 e. The average Bonchev–Trinajstić information content (AvgIpc) is 2.31. The Kier molecular flexibility index (Phi) is 4.71. The van der Waals surface area contributed by atoms with Gasteiger partial charge in [0.25, 0.3) is 0 Å². The molecule has 1 rings (SSSR count). The molecule has 2 amide bonds. The molecule has 0 saturated carbocycles. The molecule has 5 heteroatoms. The van der Waals surface area contributed by atoms with Gasteiger partial charge in [-0.3, -0.25) is 4.79 Å². The van der Waals surface area contributed by atoms with Crippen LogP contribution in [0.5, 0.6) is 0 Å². The van der Waals surface area contributed by atoms with Gasteiger partial charge in [-0.25, -0.2) is 4.79 Å². The second-order valence-electron chi connectivity index (χ2n) is 4.42. The van der Waals surface area contributed by atoms with Gasteiger partial charge in [0.05, 0.1) is 5.92 Å². The summed E-state index contributed by atoms with van der Waals surface area (Å²) in [6, 6.07) is 7.10. The summed E-state index contributed by atoms with van der Waals surface area (Å²) in [5, 5.41) is 11.5. The van der Waals surface area contributed by atoms with Gasteiger partial charge in [-0.15, -0.1) is 0 Å². The van der Waals surface area contributed by atoms with E-state index in [0.717, 1.165) is 5.56 Å². The molecular formula is C13H18N2O3. The van der Waals surface area contributed by atoms with E-state index in [1.54, 1.807) is 14.0 Å². The van der Waals surface area contributed by atoms with Crippen LogP contribution in [0, 0.1) is 12.8 Å². The molecule has 5 nitrogen and oxygen atoms in total. The Morgan fingerprint density at radius 3 is 2.39 bits per heavy atom. The Morgan fingerprint density at radius 2 is 1.89 bits per heavy atom. The third kappa shape index (κ3) is 4.08. The number of urea groups is 1. The summed E-state index contributed by atoms with van der Waals surface area (Å²) in [7, 11) is 1.57. The number of aryl methyl sites for hydroxylation is 1. The lowest BCUT2D eigenvalue weighted by Gasteiger charge is -2.20. The van der Waals surface area contributed by atoms with E-state index in [0.29, 0.717) is 5.69 Å². The molecule has 0 fully saturated rings. The number of rotatable bonds is 4. The normalized spacial score (nSPS) is 11.7. The summed E-state index contributed by atoms with van der Waals surface area (Å²) in [6.07, 6.45) is 0. The zero-order chi connectivity index (χ0) is 13.7. The van der Waals surface area contributed by atoms with Crippen LogP contribution in [-0.2, 0) is 4.79 Å². The Labute approximate surface area is 106 Å². The number of carboxylic acid groups (broad SMARTS) is 1. The van der Waals surface area contributed by atoms with Crippen LogP contribution in [0.2, 0.25) is 0 Å². The highest BCUT2D eigenvalue weighted by Gasteiger charge is 2.17. The molecule has 2 N–H and O–H groups in total. The minimum Gasteiger partial charge on any atom is -0.481 e. The standard InChI is InChI=1S/C13H18N2O3/c1-9-4-6-11(7-5-9)14-13(18)15(3)8-10(2)12(16)17/h4-7,10H,8H2,1-3H3,(H,14,18)(H,16,17). The highest BCUT2D eigenvalue weighted by molar-refractivity contribution is 5.89. The van der Waals surface area contributed by atoms with Gasteiger partial charge in [0, 0.05) is 19.3 Å². The fourth-order valence-electron chi connectivity index (χ4n) is 1.43. The van der Waals surface area contributed by atoms with Crippen molar-refractivity contribution in [3.05, 3.63) is 29.8 Å². The van der Waals surface area contributed by atoms with Crippen molar-refractivity contribution in [2.75, 3.05) is 18.9 Å². The molecule has 1 atom stereocenters. The molecule has 98 valence electrons. The van der Waals surface area contributed by atoms with Gasteiger partial charge in [0.15, 0.2) is 0 Å². The van der Waals surface area contributed by atoms with E-state index in [4.69, 9.17) is 5.11 Å². The van der Waals surface area contributed by atoms with Crippen molar-refractivity contribution in [3.8, 4) is 0 Å². The number of carbonyl (C=O) groups is 2. The van der Waals surface area contributed by atoms with Crippen LogP contribution >= 0.6 is 0 Å². The summed E-state index contributed by atoms with van der Waals surface area (Å²) in [6.45, 7) is 3.71.